The van der Waals surface area contributed by atoms with Gasteiger partial charge in [-0.1, -0.05) is 12.1 Å². The molecule has 102 valence electrons. The lowest BCUT2D eigenvalue weighted by molar-refractivity contribution is 0.570. The normalized spacial score (nSPS) is 12.0. The van der Waals surface area contributed by atoms with Crippen LogP contribution in [0.4, 0.5) is 0 Å². The van der Waals surface area contributed by atoms with E-state index < -0.39 is 10.0 Å². The van der Waals surface area contributed by atoms with Gasteiger partial charge in [-0.2, -0.15) is 0 Å². The molecule has 2 N–H and O–H groups in total. The molecular weight excluding hydrogens is 248 g/mol. The van der Waals surface area contributed by atoms with Crippen molar-refractivity contribution in [2.75, 3.05) is 13.6 Å². The van der Waals surface area contributed by atoms with Crippen LogP contribution in [0.25, 0.3) is 0 Å². The Balaban J connectivity index is 2.70. The van der Waals surface area contributed by atoms with E-state index in [9.17, 15) is 8.42 Å². The van der Waals surface area contributed by atoms with Crippen LogP contribution in [0.3, 0.4) is 0 Å². The largest absolute Gasteiger partial charge is 0.320 e. The van der Waals surface area contributed by atoms with Crippen molar-refractivity contribution in [1.29, 1.82) is 0 Å². The molecule has 0 amide bonds. The lowest BCUT2D eigenvalue weighted by Crippen LogP contribution is -2.30. The van der Waals surface area contributed by atoms with E-state index in [0.29, 0.717) is 4.90 Å². The molecule has 0 atom stereocenters. The molecule has 0 aliphatic heterocycles. The van der Waals surface area contributed by atoms with E-state index in [-0.39, 0.29) is 6.04 Å². The van der Waals surface area contributed by atoms with Gasteiger partial charge in [0, 0.05) is 6.04 Å². The highest BCUT2D eigenvalue weighted by molar-refractivity contribution is 7.89. The van der Waals surface area contributed by atoms with Crippen molar-refractivity contribution in [3.8, 4) is 0 Å². The van der Waals surface area contributed by atoms with Crippen LogP contribution in [0.2, 0.25) is 0 Å². The third-order valence-electron chi connectivity index (χ3n) is 2.52. The average molecular weight is 270 g/mol. The van der Waals surface area contributed by atoms with Crippen molar-refractivity contribution in [2.24, 2.45) is 0 Å². The second-order valence-electron chi connectivity index (χ2n) is 4.63. The van der Waals surface area contributed by atoms with Gasteiger partial charge in [-0.05, 0) is 58.0 Å². The summed E-state index contributed by atoms with van der Waals surface area (Å²) >= 11 is 0. The van der Waals surface area contributed by atoms with Crippen molar-refractivity contribution in [2.45, 2.75) is 37.6 Å². The number of rotatable bonds is 7. The van der Waals surface area contributed by atoms with E-state index in [1.54, 1.807) is 12.1 Å². The molecule has 18 heavy (non-hydrogen) atoms. The fourth-order valence-electron chi connectivity index (χ4n) is 1.68. The standard InChI is InChI=1S/C13H22N2O2S/c1-11(2)15-18(16,17)13-8-6-12(7-9-13)5-4-10-14-3/h6-9,11,14-15H,4-5,10H2,1-3H3. The quantitative estimate of drug-likeness (QED) is 0.739. The molecular formula is C13H22N2O2S. The molecule has 0 unspecified atom stereocenters. The maximum atomic E-state index is 11.9. The van der Waals surface area contributed by atoms with Gasteiger partial charge in [0.05, 0.1) is 4.90 Å². The Morgan fingerprint density at radius 1 is 1.17 bits per heavy atom. The van der Waals surface area contributed by atoms with Gasteiger partial charge in [0.15, 0.2) is 0 Å². The van der Waals surface area contributed by atoms with Gasteiger partial charge >= 0.3 is 0 Å². The zero-order chi connectivity index (χ0) is 13.6. The molecule has 0 saturated carbocycles. The van der Waals surface area contributed by atoms with E-state index in [1.807, 2.05) is 33.0 Å². The van der Waals surface area contributed by atoms with Crippen molar-refractivity contribution < 1.29 is 8.42 Å². The molecule has 0 aliphatic carbocycles. The summed E-state index contributed by atoms with van der Waals surface area (Å²) < 4.78 is 26.4. The molecule has 0 bridgehead atoms. The Hall–Kier alpha value is -0.910. The summed E-state index contributed by atoms with van der Waals surface area (Å²) in [4.78, 5) is 0.327. The Labute approximate surface area is 110 Å². The van der Waals surface area contributed by atoms with Gasteiger partial charge in [0.1, 0.15) is 0 Å². The topological polar surface area (TPSA) is 58.2 Å². The van der Waals surface area contributed by atoms with Crippen LogP contribution in [0.5, 0.6) is 0 Å². The van der Waals surface area contributed by atoms with Gasteiger partial charge in [-0.3, -0.25) is 0 Å². The lowest BCUT2D eigenvalue weighted by Gasteiger charge is -2.10. The van der Waals surface area contributed by atoms with Crippen LogP contribution in [0.1, 0.15) is 25.8 Å². The van der Waals surface area contributed by atoms with Gasteiger partial charge in [-0.25, -0.2) is 13.1 Å². The zero-order valence-electron chi connectivity index (χ0n) is 11.2. The van der Waals surface area contributed by atoms with Gasteiger partial charge < -0.3 is 5.32 Å². The van der Waals surface area contributed by atoms with Gasteiger partial charge in [0.25, 0.3) is 0 Å². The lowest BCUT2D eigenvalue weighted by atomic mass is 10.1. The van der Waals surface area contributed by atoms with Crippen molar-refractivity contribution in [3.05, 3.63) is 29.8 Å². The van der Waals surface area contributed by atoms with E-state index in [2.05, 4.69) is 10.0 Å². The molecule has 0 fully saturated rings. The predicted molar refractivity (Wildman–Crippen MR) is 74.1 cm³/mol. The minimum Gasteiger partial charge on any atom is -0.320 e. The van der Waals surface area contributed by atoms with E-state index in [4.69, 9.17) is 0 Å². The number of nitrogens with one attached hydrogen (secondary N) is 2. The minimum atomic E-state index is -3.36. The minimum absolute atomic E-state index is 0.0923. The van der Waals surface area contributed by atoms with Crippen LogP contribution < -0.4 is 10.0 Å². The Kier molecular flexibility index (Phi) is 5.78. The summed E-state index contributed by atoms with van der Waals surface area (Å²) in [6.45, 7) is 4.59. The molecule has 5 heteroatoms. The molecule has 0 aromatic heterocycles. The summed E-state index contributed by atoms with van der Waals surface area (Å²) in [5.74, 6) is 0. The molecule has 0 radical (unpaired) electrons. The van der Waals surface area contributed by atoms with Crippen LogP contribution >= 0.6 is 0 Å². The fourth-order valence-corrected chi connectivity index (χ4v) is 2.93. The maximum absolute atomic E-state index is 11.9. The van der Waals surface area contributed by atoms with E-state index in [0.717, 1.165) is 24.9 Å². The molecule has 0 heterocycles. The SMILES string of the molecule is CNCCCc1ccc(S(=O)(=O)NC(C)C)cc1. The third kappa shape index (κ3) is 4.76. The predicted octanol–water partition coefficient (Wildman–Crippen LogP) is 1.53. The number of sulfonamides is 1. The fraction of sp³-hybridized carbons (Fsp3) is 0.538. The summed E-state index contributed by atoms with van der Waals surface area (Å²) in [7, 11) is -1.44. The molecule has 1 aromatic carbocycles. The highest BCUT2D eigenvalue weighted by Crippen LogP contribution is 2.12. The van der Waals surface area contributed by atoms with E-state index >= 15 is 0 Å². The van der Waals surface area contributed by atoms with Crippen molar-refractivity contribution in [1.82, 2.24) is 10.0 Å². The van der Waals surface area contributed by atoms with Crippen molar-refractivity contribution >= 4 is 10.0 Å². The number of hydrogen-bond donors (Lipinski definition) is 2. The summed E-state index contributed by atoms with van der Waals surface area (Å²) in [5, 5.41) is 3.09. The summed E-state index contributed by atoms with van der Waals surface area (Å²) in [6, 6.07) is 7.00. The Bertz CT molecular complexity index is 452. The molecule has 1 rings (SSSR count). The zero-order valence-corrected chi connectivity index (χ0v) is 12.0. The highest BCUT2D eigenvalue weighted by atomic mass is 32.2. The first kappa shape index (κ1) is 15.1. The van der Waals surface area contributed by atoms with Crippen molar-refractivity contribution in [3.63, 3.8) is 0 Å². The third-order valence-corrected chi connectivity index (χ3v) is 4.19. The van der Waals surface area contributed by atoms with Crippen LogP contribution in [-0.2, 0) is 16.4 Å². The molecule has 4 nitrogen and oxygen atoms in total. The van der Waals surface area contributed by atoms with Crippen LogP contribution in [0.15, 0.2) is 29.2 Å². The first-order valence-corrected chi connectivity index (χ1v) is 7.70. The molecule has 0 aliphatic rings. The molecule has 0 saturated heterocycles. The second kappa shape index (κ2) is 6.87. The number of benzene rings is 1. The Morgan fingerprint density at radius 2 is 1.78 bits per heavy atom. The second-order valence-corrected chi connectivity index (χ2v) is 6.34. The smallest absolute Gasteiger partial charge is 0.240 e. The van der Waals surface area contributed by atoms with Crippen LogP contribution in [0, 0.1) is 0 Å². The molecule has 0 spiro atoms. The summed E-state index contributed by atoms with van der Waals surface area (Å²) in [5.41, 5.74) is 1.16. The highest BCUT2D eigenvalue weighted by Gasteiger charge is 2.14. The van der Waals surface area contributed by atoms with Crippen LogP contribution in [-0.4, -0.2) is 28.1 Å². The average Bonchev–Trinajstić information content (AvgIpc) is 2.28. The first-order chi connectivity index (χ1) is 8.45. The van der Waals surface area contributed by atoms with Gasteiger partial charge in [-0.15, -0.1) is 0 Å². The number of hydrogen-bond acceptors (Lipinski definition) is 3. The Morgan fingerprint density at radius 3 is 2.28 bits per heavy atom. The van der Waals surface area contributed by atoms with Gasteiger partial charge in [0.2, 0.25) is 10.0 Å². The van der Waals surface area contributed by atoms with E-state index in [1.165, 1.54) is 0 Å². The summed E-state index contributed by atoms with van der Waals surface area (Å²) in [6.07, 6.45) is 2.01. The molecule has 1 aromatic rings. The maximum Gasteiger partial charge on any atom is 0.240 e. The first-order valence-electron chi connectivity index (χ1n) is 6.21. The monoisotopic (exact) mass is 270 g/mol. The number of aryl methyl sites for hydroxylation is 1.